The Morgan fingerprint density at radius 3 is 1.95 bits per heavy atom. The van der Waals surface area contributed by atoms with Crippen molar-refractivity contribution in [3.8, 4) is 0 Å². The van der Waals surface area contributed by atoms with Crippen molar-refractivity contribution < 1.29 is 33.9 Å². The number of carboxylic acid groups (broad SMARTS) is 1. The van der Waals surface area contributed by atoms with Gasteiger partial charge >= 0.3 is 5.97 Å². The van der Waals surface area contributed by atoms with Gasteiger partial charge in [-0.25, -0.2) is 4.79 Å². The summed E-state index contributed by atoms with van der Waals surface area (Å²) in [7, 11) is 0. The van der Waals surface area contributed by atoms with Crippen molar-refractivity contribution in [2.24, 2.45) is 0 Å². The number of hydrogen-bond acceptors (Lipinski definition) is 6. The number of rotatable bonds is 8. The molecule has 5 aromatic carbocycles. The van der Waals surface area contributed by atoms with E-state index < -0.39 is 65.6 Å². The lowest BCUT2D eigenvalue weighted by atomic mass is 9.90. The molecule has 2 aliphatic heterocycles. The molecule has 6 N–H and O–H groups in total. The van der Waals surface area contributed by atoms with Crippen LogP contribution in [0.3, 0.4) is 0 Å². The number of aliphatic carboxylic acids is 1. The predicted octanol–water partition coefficient (Wildman–Crippen LogP) is 4.82. The lowest BCUT2D eigenvalue weighted by Crippen LogP contribution is -2.59. The second-order valence-electron chi connectivity index (χ2n) is 14.6. The fourth-order valence-corrected chi connectivity index (χ4v) is 7.05. The molecule has 5 aromatic rings. The molecule has 5 amide bonds. The molecule has 0 radical (unpaired) electrons. The molecule has 298 valence electrons. The zero-order valence-electron chi connectivity index (χ0n) is 32.2. The molecule has 0 aliphatic carbocycles. The van der Waals surface area contributed by atoms with Crippen LogP contribution in [0.2, 0.25) is 0 Å². The third-order valence-corrected chi connectivity index (χ3v) is 10.4. The van der Waals surface area contributed by atoms with E-state index >= 15 is 0 Å². The molecule has 2 bridgehead atoms. The summed E-state index contributed by atoms with van der Waals surface area (Å²) in [6.07, 6.45) is 0.195. The normalized spacial score (nSPS) is 20.4. The monoisotopic (exact) mass is 781 g/mol. The molecule has 0 saturated carbocycles. The van der Waals surface area contributed by atoms with Crippen molar-refractivity contribution in [1.29, 1.82) is 0 Å². The van der Waals surface area contributed by atoms with Gasteiger partial charge in [-0.3, -0.25) is 24.0 Å². The fraction of sp³-hybridized carbons (Fsp3) is 0.261. The minimum atomic E-state index is -1.35. The first-order chi connectivity index (χ1) is 28.0. The van der Waals surface area contributed by atoms with Gasteiger partial charge < -0.3 is 31.7 Å². The first-order valence-electron chi connectivity index (χ1n) is 19.4. The molecule has 7 rings (SSSR count). The average molecular weight is 782 g/mol. The lowest BCUT2D eigenvalue weighted by molar-refractivity contribution is -0.142. The second kappa shape index (κ2) is 19.4. The lowest BCUT2D eigenvalue weighted by Gasteiger charge is -2.29. The van der Waals surface area contributed by atoms with E-state index in [0.717, 1.165) is 21.9 Å². The van der Waals surface area contributed by atoms with Crippen LogP contribution in [0.5, 0.6) is 0 Å². The highest BCUT2D eigenvalue weighted by Gasteiger charge is 2.35. The Kier molecular flexibility index (Phi) is 13.6. The summed E-state index contributed by atoms with van der Waals surface area (Å²) in [5.41, 5.74) is 3.40. The number of nitrogens with one attached hydrogen (secondary N) is 5. The highest BCUT2D eigenvalue weighted by molar-refractivity contribution is 5.97. The molecule has 0 aromatic heterocycles. The molecule has 12 heteroatoms. The van der Waals surface area contributed by atoms with Gasteiger partial charge in [-0.15, -0.1) is 0 Å². The number of aryl methyl sites for hydroxylation is 1. The van der Waals surface area contributed by atoms with Gasteiger partial charge in [0.05, 0.1) is 0 Å². The minimum absolute atomic E-state index is 0.0277. The zero-order valence-corrected chi connectivity index (χ0v) is 32.2. The van der Waals surface area contributed by atoms with Gasteiger partial charge in [-0.1, -0.05) is 122 Å². The van der Waals surface area contributed by atoms with E-state index in [-0.39, 0.29) is 32.1 Å². The zero-order chi connectivity index (χ0) is 41.0. The topological polar surface area (TPSA) is 183 Å². The summed E-state index contributed by atoms with van der Waals surface area (Å²) in [4.78, 5) is 81.8. The number of carbonyl (C=O) groups is 6. The van der Waals surface area contributed by atoms with E-state index in [2.05, 4.69) is 26.6 Å². The summed E-state index contributed by atoms with van der Waals surface area (Å²) in [6.45, 7) is 1.80. The highest BCUT2D eigenvalue weighted by Crippen LogP contribution is 2.25. The Morgan fingerprint density at radius 2 is 1.26 bits per heavy atom. The van der Waals surface area contributed by atoms with Gasteiger partial charge in [0.2, 0.25) is 29.5 Å². The Hall–Kier alpha value is -6.82. The number of amides is 5. The minimum Gasteiger partial charge on any atom is -0.480 e. The van der Waals surface area contributed by atoms with Crippen LogP contribution in [0, 0.1) is 0 Å². The van der Waals surface area contributed by atoms with Crippen molar-refractivity contribution in [2.75, 3.05) is 5.32 Å². The molecule has 0 saturated heterocycles. The smallest absolute Gasteiger partial charge is 0.326 e. The molecule has 5 unspecified atom stereocenters. The first kappa shape index (κ1) is 40.8. The molecule has 58 heavy (non-hydrogen) atoms. The van der Waals surface area contributed by atoms with Crippen molar-refractivity contribution in [1.82, 2.24) is 21.3 Å². The van der Waals surface area contributed by atoms with Gasteiger partial charge in [0.15, 0.2) is 0 Å². The number of carbonyl (C=O) groups excluding carboxylic acids is 5. The van der Waals surface area contributed by atoms with E-state index in [9.17, 15) is 33.9 Å². The number of carboxylic acids is 1. The number of fused-ring (bicyclic) bond motifs is 19. The van der Waals surface area contributed by atoms with Gasteiger partial charge in [0, 0.05) is 37.3 Å². The summed E-state index contributed by atoms with van der Waals surface area (Å²) in [5, 5.41) is 26.0. The van der Waals surface area contributed by atoms with Gasteiger partial charge in [0.1, 0.15) is 24.2 Å². The largest absolute Gasteiger partial charge is 0.480 e. The number of anilines is 1. The summed E-state index contributed by atoms with van der Waals surface area (Å²) < 4.78 is 0. The highest BCUT2D eigenvalue weighted by atomic mass is 16.4. The number of benzene rings is 5. The standard InChI is InChI=1S/C46H47N5O7/c1-29(34-20-19-33-14-8-9-15-35(33)28-34)42-45(56)49-38(26-31-12-6-3-7-13-31)44(55)50-39(46(57)58)27-32-16-21-36(22-17-32)47-40(52)24-25-41(53)48-37(43(54)51-42)23-18-30-10-4-2-5-11-30/h2-17,19-22,28-29,37-39,42H,18,23-27H2,1H3,(H,47,52)(H,48,53)(H,49,56)(H,50,55)(H,51,54)(H,57,58). The molecular weight excluding hydrogens is 735 g/mol. The number of hydrogen-bond donors (Lipinski definition) is 6. The third-order valence-electron chi connectivity index (χ3n) is 10.4. The van der Waals surface area contributed by atoms with Crippen LogP contribution in [-0.4, -0.2) is 64.8 Å². The van der Waals surface area contributed by atoms with Crippen LogP contribution in [0.15, 0.2) is 127 Å². The summed E-state index contributed by atoms with van der Waals surface area (Å²) >= 11 is 0. The Balaban J connectivity index is 1.37. The molecule has 2 heterocycles. The molecule has 0 fully saturated rings. The van der Waals surface area contributed by atoms with E-state index in [4.69, 9.17) is 0 Å². The van der Waals surface area contributed by atoms with Gasteiger partial charge in [-0.05, 0) is 58.0 Å². The Morgan fingerprint density at radius 1 is 0.638 bits per heavy atom. The van der Waals surface area contributed by atoms with E-state index in [1.165, 1.54) is 0 Å². The average Bonchev–Trinajstić information content (AvgIpc) is 3.23. The van der Waals surface area contributed by atoms with Crippen molar-refractivity contribution in [3.05, 3.63) is 150 Å². The molecule has 2 aliphatic rings. The van der Waals surface area contributed by atoms with Gasteiger partial charge in [0.25, 0.3) is 0 Å². The van der Waals surface area contributed by atoms with Gasteiger partial charge in [-0.2, -0.15) is 0 Å². The maximum Gasteiger partial charge on any atom is 0.326 e. The van der Waals surface area contributed by atoms with Crippen LogP contribution in [-0.2, 0) is 48.0 Å². The SMILES string of the molecule is CC(c1ccc2ccccc2c1)C1NC(=O)C(CCc2ccccc2)NC(=O)CCC(=O)Nc2ccc(cc2)CC(C(=O)O)NC(=O)C(Cc2ccccc2)NC1=O. The molecule has 12 nitrogen and oxygen atoms in total. The van der Waals surface area contributed by atoms with Crippen LogP contribution in [0.25, 0.3) is 10.8 Å². The first-order valence-corrected chi connectivity index (χ1v) is 19.4. The maximum absolute atomic E-state index is 14.6. The summed E-state index contributed by atoms with van der Waals surface area (Å²) in [5.74, 6) is -4.89. The van der Waals surface area contributed by atoms with Crippen LogP contribution >= 0.6 is 0 Å². The van der Waals surface area contributed by atoms with Crippen LogP contribution in [0.4, 0.5) is 5.69 Å². The summed E-state index contributed by atoms with van der Waals surface area (Å²) in [6, 6.07) is 33.5. The van der Waals surface area contributed by atoms with Crippen LogP contribution < -0.4 is 26.6 Å². The predicted molar refractivity (Wildman–Crippen MR) is 221 cm³/mol. The molecular formula is C46H47N5O7. The van der Waals surface area contributed by atoms with E-state index in [1.54, 1.807) is 55.5 Å². The van der Waals surface area contributed by atoms with Crippen molar-refractivity contribution in [2.45, 2.75) is 75.5 Å². The second-order valence-corrected chi connectivity index (χ2v) is 14.6. The van der Waals surface area contributed by atoms with E-state index in [1.807, 2.05) is 78.9 Å². The van der Waals surface area contributed by atoms with Crippen molar-refractivity contribution >= 4 is 52.0 Å². The third kappa shape index (κ3) is 11.2. The molecule has 0 spiro atoms. The maximum atomic E-state index is 14.6. The Bertz CT molecular complexity index is 2250. The quantitative estimate of drug-likeness (QED) is 0.122. The molecule has 5 atom stereocenters. The Labute approximate surface area is 336 Å². The fourth-order valence-electron chi connectivity index (χ4n) is 7.05. The van der Waals surface area contributed by atoms with E-state index in [0.29, 0.717) is 23.2 Å². The van der Waals surface area contributed by atoms with Crippen molar-refractivity contribution in [3.63, 3.8) is 0 Å². The van der Waals surface area contributed by atoms with Crippen LogP contribution in [0.1, 0.15) is 54.4 Å².